The molecule has 0 spiro atoms. The summed E-state index contributed by atoms with van der Waals surface area (Å²) in [5.41, 5.74) is 17.1. The zero-order valence-corrected chi connectivity index (χ0v) is 19.9. The maximum Gasteiger partial charge on any atom is 0.251 e. The van der Waals surface area contributed by atoms with Crippen LogP contribution in [-0.2, 0) is 11.3 Å². The molecule has 2 aromatic carbocycles. The molecule has 2 bridgehead atoms. The van der Waals surface area contributed by atoms with Crippen molar-refractivity contribution in [3.63, 3.8) is 0 Å². The van der Waals surface area contributed by atoms with Crippen LogP contribution in [0.2, 0.25) is 0 Å². The van der Waals surface area contributed by atoms with Gasteiger partial charge < -0.3 is 15.8 Å². The Hall–Kier alpha value is -4.03. The number of carbonyl (C=O) groups excluding carboxylic acids is 1. The molecule has 0 aliphatic carbocycles. The van der Waals surface area contributed by atoms with Crippen molar-refractivity contribution in [2.24, 2.45) is 0 Å². The number of fused-ring (bicyclic) bond motifs is 8. The third-order valence-electron chi connectivity index (χ3n) is 7.16. The number of hydrogen-bond acceptors (Lipinski definition) is 5. The number of aromatic nitrogens is 2. The molecule has 6 rings (SSSR count). The van der Waals surface area contributed by atoms with Gasteiger partial charge in [-0.25, -0.2) is 4.98 Å². The maximum atomic E-state index is 13.0. The first-order valence-electron chi connectivity index (χ1n) is 11.8. The van der Waals surface area contributed by atoms with Crippen LogP contribution in [0.4, 0.5) is 5.82 Å². The number of amides is 1. The Labute approximate surface area is 204 Å². The lowest BCUT2D eigenvalue weighted by molar-refractivity contribution is 0.0857. The van der Waals surface area contributed by atoms with E-state index >= 15 is 0 Å². The van der Waals surface area contributed by atoms with Gasteiger partial charge in [0.05, 0.1) is 0 Å². The second kappa shape index (κ2) is 8.03. The van der Waals surface area contributed by atoms with Gasteiger partial charge in [-0.05, 0) is 90.0 Å². The Morgan fingerprint density at radius 3 is 2.46 bits per heavy atom. The average Bonchev–Trinajstić information content (AvgIpc) is 3.40. The Morgan fingerprint density at radius 2 is 1.69 bits per heavy atom. The van der Waals surface area contributed by atoms with E-state index in [1.54, 1.807) is 0 Å². The predicted octanol–water partition coefficient (Wildman–Crippen LogP) is 5.10. The number of nitrogens with two attached hydrogens (primary N) is 1. The van der Waals surface area contributed by atoms with E-state index in [0.29, 0.717) is 17.9 Å². The highest BCUT2D eigenvalue weighted by Gasteiger charge is 2.43. The summed E-state index contributed by atoms with van der Waals surface area (Å²) in [6.07, 6.45) is 1.56. The summed E-state index contributed by atoms with van der Waals surface area (Å²) in [6, 6.07) is 18.3. The van der Waals surface area contributed by atoms with Gasteiger partial charge in [-0.15, -0.1) is 0 Å². The number of carbonyl (C=O) groups is 1. The first-order valence-corrected chi connectivity index (χ1v) is 11.8. The van der Waals surface area contributed by atoms with Gasteiger partial charge in [0.1, 0.15) is 18.0 Å². The van der Waals surface area contributed by atoms with Gasteiger partial charge in [-0.1, -0.05) is 24.3 Å². The predicted molar refractivity (Wildman–Crippen MR) is 135 cm³/mol. The Kier molecular flexibility index (Phi) is 4.93. The van der Waals surface area contributed by atoms with Crippen molar-refractivity contribution in [3.8, 4) is 11.1 Å². The second-order valence-electron chi connectivity index (χ2n) is 9.33. The smallest absolute Gasteiger partial charge is 0.251 e. The van der Waals surface area contributed by atoms with Crippen LogP contribution in [0, 0.1) is 20.8 Å². The molecule has 2 aromatic heterocycles. The van der Waals surface area contributed by atoms with Crippen LogP contribution in [-0.4, -0.2) is 15.9 Å². The molecule has 1 amide bonds. The van der Waals surface area contributed by atoms with Crippen LogP contribution in [0.3, 0.4) is 0 Å². The van der Waals surface area contributed by atoms with Gasteiger partial charge in [0.15, 0.2) is 0 Å². The highest BCUT2D eigenvalue weighted by molar-refractivity contribution is 5.94. The minimum Gasteiger partial charge on any atom is -0.384 e. The van der Waals surface area contributed by atoms with Crippen molar-refractivity contribution in [3.05, 3.63) is 111 Å². The highest BCUT2D eigenvalue weighted by Crippen LogP contribution is 2.54. The Morgan fingerprint density at radius 1 is 0.943 bits per heavy atom. The number of hydrogen-bond donors (Lipinski definition) is 2. The van der Waals surface area contributed by atoms with E-state index in [1.165, 1.54) is 11.1 Å². The Balaban J connectivity index is 1.27. The molecule has 0 unspecified atom stereocenters. The highest BCUT2D eigenvalue weighted by atomic mass is 16.5. The number of ether oxygens (including phenoxy) is 1. The van der Waals surface area contributed by atoms with Gasteiger partial charge in [0, 0.05) is 35.3 Å². The maximum absolute atomic E-state index is 13.0. The van der Waals surface area contributed by atoms with E-state index in [0.717, 1.165) is 44.8 Å². The molecule has 0 fully saturated rings. The minimum absolute atomic E-state index is 0.0858. The van der Waals surface area contributed by atoms with Crippen molar-refractivity contribution < 1.29 is 9.53 Å². The normalized spacial score (nSPS) is 17.2. The van der Waals surface area contributed by atoms with Crippen molar-refractivity contribution in [2.45, 2.75) is 39.5 Å². The molecule has 3 N–H and O–H groups in total. The van der Waals surface area contributed by atoms with Gasteiger partial charge in [-0.3, -0.25) is 9.78 Å². The van der Waals surface area contributed by atoms with E-state index < -0.39 is 0 Å². The molecular formula is C29H26N4O2. The number of benzene rings is 2. The monoisotopic (exact) mass is 462 g/mol. The topological polar surface area (TPSA) is 90.1 Å². The summed E-state index contributed by atoms with van der Waals surface area (Å²) >= 11 is 0. The first-order chi connectivity index (χ1) is 16.9. The third kappa shape index (κ3) is 3.49. The van der Waals surface area contributed by atoms with Crippen LogP contribution in [0.25, 0.3) is 11.1 Å². The van der Waals surface area contributed by atoms with Crippen LogP contribution >= 0.6 is 0 Å². The molecule has 2 atom stereocenters. The molecule has 0 radical (unpaired) electrons. The van der Waals surface area contributed by atoms with Crippen LogP contribution in [0.5, 0.6) is 0 Å². The lowest BCUT2D eigenvalue weighted by atomic mass is 9.83. The molecule has 35 heavy (non-hydrogen) atoms. The molecule has 6 heteroatoms. The molecule has 2 aliphatic heterocycles. The van der Waals surface area contributed by atoms with E-state index in [9.17, 15) is 4.79 Å². The number of rotatable bonds is 4. The van der Waals surface area contributed by atoms with E-state index in [2.05, 4.69) is 39.6 Å². The van der Waals surface area contributed by atoms with Gasteiger partial charge >= 0.3 is 0 Å². The number of nitrogens with one attached hydrogen (secondary N) is 1. The van der Waals surface area contributed by atoms with Gasteiger partial charge in [0.2, 0.25) is 0 Å². The fraction of sp³-hybridized carbons (Fsp3) is 0.207. The number of anilines is 1. The lowest BCUT2D eigenvalue weighted by Crippen LogP contribution is -2.24. The standard InChI is InChI=1S/C29H26N4O2/c1-15-11-26(30)33-17(3)25(15)14-32-29(34)19-7-9-22-24(13-19)28-23-12-18(6-8-21(23)27(22)35-28)20-5-4-10-31-16(20)2/h4-13,27-28H,14H2,1-3H3,(H2,30,33)(H,32,34)/t27-,28+/m0/s1. The summed E-state index contributed by atoms with van der Waals surface area (Å²) in [5, 5.41) is 3.04. The Bertz CT molecular complexity index is 1490. The SMILES string of the molecule is Cc1cc(N)nc(C)c1CNC(=O)c1ccc2c(c1)[C@@H]1O[C@H]2c2ccc(-c3cccnc3C)cc21. The van der Waals surface area contributed by atoms with E-state index in [-0.39, 0.29) is 18.1 Å². The molecule has 174 valence electrons. The van der Waals surface area contributed by atoms with Crippen LogP contribution in [0.1, 0.15) is 67.3 Å². The lowest BCUT2D eigenvalue weighted by Gasteiger charge is -2.18. The quantitative estimate of drug-likeness (QED) is 0.440. The molecule has 0 saturated carbocycles. The summed E-state index contributed by atoms with van der Waals surface area (Å²) in [5.74, 6) is 0.372. The van der Waals surface area contributed by atoms with Crippen molar-refractivity contribution in [2.75, 3.05) is 5.73 Å². The summed E-state index contributed by atoms with van der Waals surface area (Å²) < 4.78 is 6.37. The fourth-order valence-corrected chi connectivity index (χ4v) is 5.37. The number of aryl methyl sites for hydroxylation is 3. The number of pyridine rings is 2. The fourth-order valence-electron chi connectivity index (χ4n) is 5.37. The number of nitrogens with zero attached hydrogens (tertiary/aromatic N) is 2. The molecule has 4 aromatic rings. The molecular weight excluding hydrogens is 436 g/mol. The largest absolute Gasteiger partial charge is 0.384 e. The van der Waals surface area contributed by atoms with Crippen LogP contribution in [0.15, 0.2) is 60.8 Å². The van der Waals surface area contributed by atoms with Crippen molar-refractivity contribution >= 4 is 11.7 Å². The summed E-state index contributed by atoms with van der Waals surface area (Å²) in [6.45, 7) is 6.32. The minimum atomic E-state index is -0.166. The van der Waals surface area contributed by atoms with Crippen LogP contribution < -0.4 is 11.1 Å². The second-order valence-corrected chi connectivity index (χ2v) is 9.33. The third-order valence-corrected chi connectivity index (χ3v) is 7.16. The zero-order valence-electron chi connectivity index (χ0n) is 19.9. The molecule has 0 saturated heterocycles. The first kappa shape index (κ1) is 21.5. The van der Waals surface area contributed by atoms with Crippen molar-refractivity contribution in [1.29, 1.82) is 0 Å². The molecule has 6 nitrogen and oxygen atoms in total. The van der Waals surface area contributed by atoms with Gasteiger partial charge in [-0.2, -0.15) is 0 Å². The van der Waals surface area contributed by atoms with Crippen molar-refractivity contribution in [1.82, 2.24) is 15.3 Å². The van der Waals surface area contributed by atoms with E-state index in [1.807, 2.05) is 57.3 Å². The summed E-state index contributed by atoms with van der Waals surface area (Å²) in [4.78, 5) is 21.8. The molecule has 4 heterocycles. The summed E-state index contributed by atoms with van der Waals surface area (Å²) in [7, 11) is 0. The van der Waals surface area contributed by atoms with E-state index in [4.69, 9.17) is 10.5 Å². The zero-order chi connectivity index (χ0) is 24.3. The molecule has 2 aliphatic rings. The number of nitrogen functional groups attached to an aromatic ring is 1. The van der Waals surface area contributed by atoms with Gasteiger partial charge in [0.25, 0.3) is 5.91 Å². The average molecular weight is 463 g/mol.